The highest BCUT2D eigenvalue weighted by molar-refractivity contribution is 7.99. The maximum atomic E-state index is 2.52. The molecule has 2 aliphatic heterocycles. The summed E-state index contributed by atoms with van der Waals surface area (Å²) in [5.41, 5.74) is 5.70. The molecule has 2 heterocycles. The first-order valence-corrected chi connectivity index (χ1v) is 8.96. The zero-order valence-corrected chi connectivity index (χ0v) is 13.6. The van der Waals surface area contributed by atoms with E-state index in [0.717, 1.165) is 6.54 Å². The van der Waals surface area contributed by atoms with Gasteiger partial charge in [0.25, 0.3) is 0 Å². The van der Waals surface area contributed by atoms with Crippen LogP contribution >= 0.6 is 11.8 Å². The molecule has 1 nitrogen and oxygen atoms in total. The summed E-state index contributed by atoms with van der Waals surface area (Å²) in [5.74, 6) is 0.508. The number of hydrogen-bond acceptors (Lipinski definition) is 2. The molecule has 2 aliphatic rings. The third kappa shape index (κ3) is 2.02. The van der Waals surface area contributed by atoms with E-state index in [0.29, 0.717) is 5.92 Å². The second kappa shape index (κ2) is 5.17. The van der Waals surface area contributed by atoms with Crippen LogP contribution in [0.1, 0.15) is 23.5 Å². The smallest absolute Gasteiger partial charge is 0.0591 e. The number of rotatable bonds is 1. The molecular weight excluding hydrogens is 298 g/mol. The molecule has 0 bridgehead atoms. The van der Waals surface area contributed by atoms with Gasteiger partial charge in [0.1, 0.15) is 0 Å². The third-order valence-electron chi connectivity index (χ3n) is 4.89. The van der Waals surface area contributed by atoms with Crippen LogP contribution in [0.3, 0.4) is 0 Å². The molecule has 0 spiro atoms. The lowest BCUT2D eigenvalue weighted by Crippen LogP contribution is -2.29. The largest absolute Gasteiger partial charge is 0.339 e. The SMILES string of the molecule is c1ccc(C2CCN3c4ccccc4Sc4cccc2c43)cc1. The van der Waals surface area contributed by atoms with E-state index in [-0.39, 0.29) is 0 Å². The highest BCUT2D eigenvalue weighted by atomic mass is 32.2. The van der Waals surface area contributed by atoms with Crippen molar-refractivity contribution < 1.29 is 0 Å². The molecule has 0 radical (unpaired) electrons. The lowest BCUT2D eigenvalue weighted by molar-refractivity contribution is 0.671. The van der Waals surface area contributed by atoms with E-state index in [1.165, 1.54) is 38.7 Å². The second-order valence-electron chi connectivity index (χ2n) is 6.17. The molecule has 2 heteroatoms. The van der Waals surface area contributed by atoms with Crippen LogP contribution < -0.4 is 4.90 Å². The summed E-state index contributed by atoms with van der Waals surface area (Å²) in [6.45, 7) is 1.08. The number of benzene rings is 3. The summed E-state index contributed by atoms with van der Waals surface area (Å²) in [7, 11) is 0. The highest BCUT2D eigenvalue weighted by Crippen LogP contribution is 2.53. The maximum Gasteiger partial charge on any atom is 0.0591 e. The van der Waals surface area contributed by atoms with Crippen LogP contribution in [-0.4, -0.2) is 6.54 Å². The maximum absolute atomic E-state index is 2.52. The number of hydrogen-bond donors (Lipinski definition) is 0. The molecule has 0 saturated heterocycles. The van der Waals surface area contributed by atoms with E-state index in [2.05, 4.69) is 77.7 Å². The topological polar surface area (TPSA) is 3.24 Å². The van der Waals surface area contributed by atoms with Crippen molar-refractivity contribution in [3.05, 3.63) is 83.9 Å². The molecule has 5 rings (SSSR count). The third-order valence-corrected chi connectivity index (χ3v) is 6.01. The van der Waals surface area contributed by atoms with Crippen molar-refractivity contribution in [1.82, 2.24) is 0 Å². The van der Waals surface area contributed by atoms with Gasteiger partial charge in [-0.3, -0.25) is 0 Å². The Labute approximate surface area is 141 Å². The van der Waals surface area contributed by atoms with Crippen LogP contribution in [0.25, 0.3) is 0 Å². The van der Waals surface area contributed by atoms with Crippen molar-refractivity contribution in [2.24, 2.45) is 0 Å². The van der Waals surface area contributed by atoms with Crippen molar-refractivity contribution in [3.8, 4) is 0 Å². The van der Waals surface area contributed by atoms with E-state index in [1.54, 1.807) is 0 Å². The van der Waals surface area contributed by atoms with Gasteiger partial charge in [-0.15, -0.1) is 0 Å². The first-order chi connectivity index (χ1) is 11.4. The van der Waals surface area contributed by atoms with Gasteiger partial charge in [-0.05, 0) is 35.7 Å². The van der Waals surface area contributed by atoms with Gasteiger partial charge < -0.3 is 4.90 Å². The van der Waals surface area contributed by atoms with Crippen LogP contribution in [-0.2, 0) is 0 Å². The van der Waals surface area contributed by atoms with Gasteiger partial charge in [-0.1, -0.05) is 66.4 Å². The number of nitrogens with zero attached hydrogens (tertiary/aromatic N) is 1. The van der Waals surface area contributed by atoms with Crippen molar-refractivity contribution in [3.63, 3.8) is 0 Å². The molecule has 0 N–H and O–H groups in total. The molecule has 0 fully saturated rings. The minimum atomic E-state index is 0.508. The van der Waals surface area contributed by atoms with Gasteiger partial charge in [0.2, 0.25) is 0 Å². The second-order valence-corrected chi connectivity index (χ2v) is 7.25. The molecule has 3 aromatic carbocycles. The molecule has 1 atom stereocenters. The molecule has 112 valence electrons. The van der Waals surface area contributed by atoms with Gasteiger partial charge in [-0.25, -0.2) is 0 Å². The summed E-state index contributed by atoms with van der Waals surface area (Å²) in [5, 5.41) is 0. The quantitative estimate of drug-likeness (QED) is 0.556. The molecule has 0 aromatic heterocycles. The molecule has 0 aliphatic carbocycles. The average Bonchev–Trinajstić information content (AvgIpc) is 2.63. The zero-order valence-electron chi connectivity index (χ0n) is 12.8. The summed E-state index contributed by atoms with van der Waals surface area (Å²) < 4.78 is 0. The Kier molecular flexibility index (Phi) is 2.98. The fraction of sp³-hybridized carbons (Fsp3) is 0.143. The van der Waals surface area contributed by atoms with Crippen molar-refractivity contribution in [1.29, 1.82) is 0 Å². The lowest BCUT2D eigenvalue weighted by Gasteiger charge is -2.40. The first kappa shape index (κ1) is 13.3. The Morgan fingerprint density at radius 1 is 0.783 bits per heavy atom. The predicted octanol–water partition coefficient (Wildman–Crippen LogP) is 5.82. The van der Waals surface area contributed by atoms with Crippen molar-refractivity contribution in [2.75, 3.05) is 11.4 Å². The summed E-state index contributed by atoms with van der Waals surface area (Å²) in [6.07, 6.45) is 1.17. The van der Waals surface area contributed by atoms with Gasteiger partial charge >= 0.3 is 0 Å². The Morgan fingerprint density at radius 3 is 2.48 bits per heavy atom. The molecular formula is C21H17NS. The number of fused-ring (bicyclic) bond motifs is 2. The van der Waals surface area contributed by atoms with E-state index in [4.69, 9.17) is 0 Å². The summed E-state index contributed by atoms with van der Waals surface area (Å²) in [4.78, 5) is 5.28. The van der Waals surface area contributed by atoms with E-state index < -0.39 is 0 Å². The average molecular weight is 315 g/mol. The molecule has 3 aromatic rings. The fourth-order valence-electron chi connectivity index (χ4n) is 3.87. The lowest BCUT2D eigenvalue weighted by atomic mass is 9.84. The molecule has 0 saturated carbocycles. The first-order valence-electron chi connectivity index (χ1n) is 8.14. The van der Waals surface area contributed by atoms with E-state index >= 15 is 0 Å². The molecule has 0 amide bonds. The van der Waals surface area contributed by atoms with Crippen LogP contribution in [0.4, 0.5) is 11.4 Å². The Balaban J connectivity index is 1.69. The number of para-hydroxylation sites is 2. The number of anilines is 2. The van der Waals surface area contributed by atoms with Crippen molar-refractivity contribution >= 4 is 23.1 Å². The van der Waals surface area contributed by atoms with Crippen molar-refractivity contribution in [2.45, 2.75) is 22.1 Å². The summed E-state index contributed by atoms with van der Waals surface area (Å²) >= 11 is 1.91. The van der Waals surface area contributed by atoms with Gasteiger partial charge in [-0.2, -0.15) is 0 Å². The minimum absolute atomic E-state index is 0.508. The van der Waals surface area contributed by atoms with Crippen LogP contribution in [0.15, 0.2) is 82.6 Å². The summed E-state index contributed by atoms with van der Waals surface area (Å²) in [6, 6.07) is 26.5. The Bertz CT molecular complexity index is 872. The monoisotopic (exact) mass is 315 g/mol. The Morgan fingerprint density at radius 2 is 1.57 bits per heavy atom. The standard InChI is InChI=1S/C21H17NS/c1-2-7-15(8-3-1)16-13-14-22-18-10-4-5-11-19(18)23-20-12-6-9-17(16)21(20)22/h1-12,16H,13-14H2. The predicted molar refractivity (Wildman–Crippen MR) is 96.9 cm³/mol. The molecule has 23 heavy (non-hydrogen) atoms. The van der Waals surface area contributed by atoms with Gasteiger partial charge in [0.15, 0.2) is 0 Å². The van der Waals surface area contributed by atoms with Crippen LogP contribution in [0, 0.1) is 0 Å². The van der Waals surface area contributed by atoms with E-state index in [1.807, 2.05) is 11.8 Å². The van der Waals surface area contributed by atoms with Crippen LogP contribution in [0.5, 0.6) is 0 Å². The molecule has 1 unspecified atom stereocenters. The van der Waals surface area contributed by atoms with Gasteiger partial charge in [0.05, 0.1) is 11.4 Å². The van der Waals surface area contributed by atoms with Crippen LogP contribution in [0.2, 0.25) is 0 Å². The fourth-order valence-corrected chi connectivity index (χ4v) is 5.01. The van der Waals surface area contributed by atoms with E-state index in [9.17, 15) is 0 Å². The highest BCUT2D eigenvalue weighted by Gasteiger charge is 2.32. The zero-order chi connectivity index (χ0) is 15.2. The minimum Gasteiger partial charge on any atom is -0.339 e. The van der Waals surface area contributed by atoms with Gasteiger partial charge in [0, 0.05) is 22.3 Å². The Hall–Kier alpha value is -2.19. The normalized spacial score (nSPS) is 18.3.